The molecule has 0 bridgehead atoms. The van der Waals surface area contributed by atoms with E-state index in [1.807, 2.05) is 36.5 Å². The fourth-order valence-electron chi connectivity index (χ4n) is 3.37. The summed E-state index contributed by atoms with van der Waals surface area (Å²) in [6.07, 6.45) is 33.3. The summed E-state index contributed by atoms with van der Waals surface area (Å²) in [5, 5.41) is 19.2. The lowest BCUT2D eigenvalue weighted by Crippen LogP contribution is -2.28. The monoisotopic (exact) mass is 544 g/mol. The second-order valence-electron chi connectivity index (χ2n) is 9.30. The zero-order chi connectivity index (χ0) is 28.8. The van der Waals surface area contributed by atoms with Crippen molar-refractivity contribution in [1.82, 2.24) is 0 Å². The molecule has 0 fully saturated rings. The van der Waals surface area contributed by atoms with Gasteiger partial charge in [0.05, 0.1) is 12.7 Å². The van der Waals surface area contributed by atoms with Gasteiger partial charge >= 0.3 is 11.9 Å². The molecule has 220 valence electrons. The van der Waals surface area contributed by atoms with Crippen LogP contribution in [0.2, 0.25) is 0 Å². The molecular weight excluding hydrogens is 492 g/mol. The van der Waals surface area contributed by atoms with Gasteiger partial charge in [0.2, 0.25) is 0 Å². The standard InChI is InChI=1S/C33H52O6/c1-3-5-7-17-22-26-32(36)38-29-31(28-34)39-33(37)27-23-19-16-14-12-10-8-9-11-13-15-18-21-25-30(35)24-20-6-4-2/h6,9-12,15-16,18-21,25,30-31,34-35H,3-5,7-8,13-14,17,22-24,26-29H2,1-2H3/b11-9-,12-10-,18-15+,19-16-,20-6-,25-21+/t30?,31-/m0/s1. The predicted molar refractivity (Wildman–Crippen MR) is 160 cm³/mol. The number of hydrogen-bond acceptors (Lipinski definition) is 6. The lowest BCUT2D eigenvalue weighted by Gasteiger charge is -2.15. The summed E-state index contributed by atoms with van der Waals surface area (Å²) in [7, 11) is 0. The maximum atomic E-state index is 12.0. The topological polar surface area (TPSA) is 93.1 Å². The molecule has 2 N–H and O–H groups in total. The molecule has 6 heteroatoms. The summed E-state index contributed by atoms with van der Waals surface area (Å²) < 4.78 is 10.3. The van der Waals surface area contributed by atoms with Crippen molar-refractivity contribution in [2.75, 3.05) is 13.2 Å². The van der Waals surface area contributed by atoms with Crippen molar-refractivity contribution in [2.45, 2.75) is 110 Å². The van der Waals surface area contributed by atoms with Crippen LogP contribution >= 0.6 is 0 Å². The van der Waals surface area contributed by atoms with E-state index in [2.05, 4.69) is 44.2 Å². The van der Waals surface area contributed by atoms with E-state index in [-0.39, 0.29) is 25.6 Å². The minimum Gasteiger partial charge on any atom is -0.462 e. The van der Waals surface area contributed by atoms with E-state index in [0.29, 0.717) is 19.3 Å². The van der Waals surface area contributed by atoms with Gasteiger partial charge in [0, 0.05) is 12.8 Å². The fourth-order valence-corrected chi connectivity index (χ4v) is 3.37. The van der Waals surface area contributed by atoms with Crippen LogP contribution in [-0.4, -0.2) is 47.6 Å². The van der Waals surface area contributed by atoms with E-state index in [9.17, 15) is 19.8 Å². The Balaban J connectivity index is 3.87. The van der Waals surface area contributed by atoms with Crippen LogP contribution < -0.4 is 0 Å². The quantitative estimate of drug-likeness (QED) is 0.0576. The smallest absolute Gasteiger partial charge is 0.306 e. The van der Waals surface area contributed by atoms with Crippen LogP contribution in [-0.2, 0) is 19.1 Å². The number of carbonyl (C=O) groups is 2. The van der Waals surface area contributed by atoms with Crippen molar-refractivity contribution in [3.8, 4) is 0 Å². The van der Waals surface area contributed by atoms with Gasteiger partial charge < -0.3 is 19.7 Å². The van der Waals surface area contributed by atoms with Crippen LogP contribution in [0.1, 0.15) is 97.3 Å². The SMILES string of the molecule is CC/C=C\CC(O)/C=C/C=C/C/C=C\C/C=C\C/C=C\CCC(=O)O[C@@H](CO)COC(=O)CCCCCCC. The zero-order valence-corrected chi connectivity index (χ0v) is 24.2. The van der Waals surface area contributed by atoms with Crippen LogP contribution in [0.4, 0.5) is 0 Å². The number of carbonyl (C=O) groups excluding carboxylic acids is 2. The van der Waals surface area contributed by atoms with Gasteiger partial charge in [-0.2, -0.15) is 0 Å². The van der Waals surface area contributed by atoms with Crippen molar-refractivity contribution in [2.24, 2.45) is 0 Å². The maximum Gasteiger partial charge on any atom is 0.306 e. The molecule has 0 radical (unpaired) electrons. The minimum atomic E-state index is -0.820. The second kappa shape index (κ2) is 28.3. The summed E-state index contributed by atoms with van der Waals surface area (Å²) in [5.74, 6) is -0.736. The van der Waals surface area contributed by atoms with Gasteiger partial charge in [-0.1, -0.05) is 112 Å². The number of rotatable bonds is 24. The van der Waals surface area contributed by atoms with E-state index in [1.54, 1.807) is 6.08 Å². The van der Waals surface area contributed by atoms with E-state index >= 15 is 0 Å². The van der Waals surface area contributed by atoms with Crippen molar-refractivity contribution in [3.05, 3.63) is 72.9 Å². The Morgan fingerprint density at radius 3 is 2.08 bits per heavy atom. The lowest BCUT2D eigenvalue weighted by molar-refractivity contribution is -0.161. The van der Waals surface area contributed by atoms with E-state index in [0.717, 1.165) is 51.4 Å². The molecule has 0 rings (SSSR count). The van der Waals surface area contributed by atoms with Crippen molar-refractivity contribution < 1.29 is 29.3 Å². The highest BCUT2D eigenvalue weighted by Gasteiger charge is 2.15. The molecule has 0 saturated heterocycles. The lowest BCUT2D eigenvalue weighted by atomic mass is 10.1. The Kier molecular flexibility index (Phi) is 26.4. The highest BCUT2D eigenvalue weighted by molar-refractivity contribution is 5.70. The third-order valence-corrected chi connectivity index (χ3v) is 5.61. The van der Waals surface area contributed by atoms with Crippen molar-refractivity contribution >= 4 is 11.9 Å². The average Bonchev–Trinajstić information content (AvgIpc) is 2.93. The Bertz CT molecular complexity index is 775. The second-order valence-corrected chi connectivity index (χ2v) is 9.30. The van der Waals surface area contributed by atoms with Crippen LogP contribution in [0.3, 0.4) is 0 Å². The molecule has 6 nitrogen and oxygen atoms in total. The summed E-state index contributed by atoms with van der Waals surface area (Å²) in [6.45, 7) is 3.73. The van der Waals surface area contributed by atoms with Gasteiger partial charge in [0.15, 0.2) is 6.10 Å². The highest BCUT2D eigenvalue weighted by atomic mass is 16.6. The van der Waals surface area contributed by atoms with Crippen LogP contribution in [0, 0.1) is 0 Å². The van der Waals surface area contributed by atoms with Crippen LogP contribution in [0.25, 0.3) is 0 Å². The molecule has 0 aromatic carbocycles. The van der Waals surface area contributed by atoms with Gasteiger partial charge in [-0.3, -0.25) is 9.59 Å². The maximum absolute atomic E-state index is 12.0. The number of hydrogen-bond donors (Lipinski definition) is 2. The predicted octanol–water partition coefficient (Wildman–Crippen LogP) is 7.24. The largest absolute Gasteiger partial charge is 0.462 e. The first-order valence-electron chi connectivity index (χ1n) is 14.6. The molecule has 0 aromatic rings. The van der Waals surface area contributed by atoms with Crippen molar-refractivity contribution in [1.29, 1.82) is 0 Å². The fraction of sp³-hybridized carbons (Fsp3) is 0.576. The number of ether oxygens (including phenoxy) is 2. The van der Waals surface area contributed by atoms with E-state index in [1.165, 1.54) is 6.42 Å². The molecule has 0 saturated carbocycles. The van der Waals surface area contributed by atoms with Gasteiger partial charge in [0.25, 0.3) is 0 Å². The molecule has 2 atom stereocenters. The zero-order valence-electron chi connectivity index (χ0n) is 24.2. The summed E-state index contributed by atoms with van der Waals surface area (Å²) in [4.78, 5) is 23.8. The Morgan fingerprint density at radius 2 is 1.41 bits per heavy atom. The molecule has 39 heavy (non-hydrogen) atoms. The molecule has 0 heterocycles. The molecule has 0 aromatic heterocycles. The van der Waals surface area contributed by atoms with Gasteiger partial charge in [-0.25, -0.2) is 0 Å². The van der Waals surface area contributed by atoms with Gasteiger partial charge in [0.1, 0.15) is 6.61 Å². The van der Waals surface area contributed by atoms with Crippen LogP contribution in [0.15, 0.2) is 72.9 Å². The molecular formula is C33H52O6. The average molecular weight is 545 g/mol. The summed E-state index contributed by atoms with van der Waals surface area (Å²) in [5.41, 5.74) is 0. The number of unbranched alkanes of at least 4 members (excludes halogenated alkanes) is 4. The molecule has 1 unspecified atom stereocenters. The van der Waals surface area contributed by atoms with Gasteiger partial charge in [-0.05, 0) is 44.9 Å². The highest BCUT2D eigenvalue weighted by Crippen LogP contribution is 2.07. The number of allylic oxidation sites excluding steroid dienone is 10. The Hall–Kier alpha value is -2.70. The number of aliphatic hydroxyl groups excluding tert-OH is 2. The molecule has 0 spiro atoms. The van der Waals surface area contributed by atoms with Gasteiger partial charge in [-0.15, -0.1) is 0 Å². The Morgan fingerprint density at radius 1 is 0.744 bits per heavy atom. The van der Waals surface area contributed by atoms with Crippen molar-refractivity contribution in [3.63, 3.8) is 0 Å². The third kappa shape index (κ3) is 26.7. The van der Waals surface area contributed by atoms with E-state index in [4.69, 9.17) is 9.47 Å². The number of esters is 2. The molecule has 0 aliphatic heterocycles. The molecule has 0 aliphatic rings. The van der Waals surface area contributed by atoms with E-state index < -0.39 is 18.2 Å². The first-order chi connectivity index (χ1) is 19.0. The van der Waals surface area contributed by atoms with Crippen LogP contribution in [0.5, 0.6) is 0 Å². The molecule has 0 amide bonds. The third-order valence-electron chi connectivity index (χ3n) is 5.61. The summed E-state index contributed by atoms with van der Waals surface area (Å²) >= 11 is 0. The first kappa shape index (κ1) is 36.3. The first-order valence-corrected chi connectivity index (χ1v) is 14.6. The minimum absolute atomic E-state index is 0.111. The number of aliphatic hydroxyl groups is 2. The summed E-state index contributed by atoms with van der Waals surface area (Å²) in [6, 6.07) is 0. The Labute approximate surface area is 236 Å². The molecule has 0 aliphatic carbocycles. The normalized spacial score (nSPS) is 14.1.